The van der Waals surface area contributed by atoms with Gasteiger partial charge >= 0.3 is 12.2 Å². The molecule has 8 heteroatoms. The summed E-state index contributed by atoms with van der Waals surface area (Å²) in [5.41, 5.74) is 2.38. The van der Waals surface area contributed by atoms with Crippen molar-refractivity contribution in [3.05, 3.63) is 95.1 Å². The first-order valence-corrected chi connectivity index (χ1v) is 10.9. The number of alkyl halides is 3. The van der Waals surface area contributed by atoms with Gasteiger partial charge < -0.3 is 10.2 Å². The van der Waals surface area contributed by atoms with Gasteiger partial charge in [0.25, 0.3) is 5.91 Å². The highest BCUT2D eigenvalue weighted by atomic mass is 19.4. The predicted molar refractivity (Wildman–Crippen MR) is 125 cm³/mol. The molecule has 176 valence electrons. The predicted octanol–water partition coefficient (Wildman–Crippen LogP) is 6.10. The Bertz CT molecular complexity index is 1180. The lowest BCUT2D eigenvalue weighted by Crippen LogP contribution is -2.49. The van der Waals surface area contributed by atoms with Crippen molar-refractivity contribution in [2.24, 2.45) is 0 Å². The summed E-state index contributed by atoms with van der Waals surface area (Å²) in [6.45, 7) is 3.77. The quantitative estimate of drug-likeness (QED) is 0.493. The molecule has 3 amide bonds. The molecule has 1 aliphatic rings. The fourth-order valence-electron chi connectivity index (χ4n) is 3.85. The molecule has 1 N–H and O–H groups in total. The Morgan fingerprint density at radius 1 is 0.971 bits per heavy atom. The first-order chi connectivity index (χ1) is 16.2. The molecule has 5 nitrogen and oxygen atoms in total. The molecular formula is C26H24F3N3O2. The minimum atomic E-state index is -4.49. The number of anilines is 2. The second-order valence-electron chi connectivity index (χ2n) is 8.27. The number of rotatable bonds is 5. The van der Waals surface area contributed by atoms with Crippen LogP contribution in [0.2, 0.25) is 0 Å². The monoisotopic (exact) mass is 467 g/mol. The molecule has 1 fully saturated rings. The average molecular weight is 467 g/mol. The van der Waals surface area contributed by atoms with Crippen molar-refractivity contribution in [2.45, 2.75) is 26.1 Å². The van der Waals surface area contributed by atoms with E-state index in [9.17, 15) is 22.8 Å². The topological polar surface area (TPSA) is 52.6 Å². The SMILES string of the molecule is Cc1ccc(CN2CCCN(c3ccc(C(=O)Nc4cccc(C(F)(F)F)c4)cc3)C2=O)cc1. The van der Waals surface area contributed by atoms with Gasteiger partial charge in [-0.1, -0.05) is 35.9 Å². The smallest absolute Gasteiger partial charge is 0.322 e. The Balaban J connectivity index is 1.43. The normalized spacial score (nSPS) is 14.3. The van der Waals surface area contributed by atoms with Crippen LogP contribution in [-0.2, 0) is 12.7 Å². The number of nitrogens with zero attached hydrogens (tertiary/aromatic N) is 2. The van der Waals surface area contributed by atoms with Crippen LogP contribution in [0.25, 0.3) is 0 Å². The van der Waals surface area contributed by atoms with Gasteiger partial charge in [-0.15, -0.1) is 0 Å². The number of hydrogen-bond acceptors (Lipinski definition) is 2. The number of carbonyl (C=O) groups is 2. The molecule has 0 aliphatic carbocycles. The second-order valence-corrected chi connectivity index (χ2v) is 8.27. The van der Waals surface area contributed by atoms with Crippen LogP contribution in [0, 0.1) is 6.92 Å². The zero-order valence-electron chi connectivity index (χ0n) is 18.6. The molecule has 1 saturated heterocycles. The summed E-state index contributed by atoms with van der Waals surface area (Å²) in [5.74, 6) is -0.531. The van der Waals surface area contributed by atoms with Gasteiger partial charge in [0, 0.05) is 36.6 Å². The summed E-state index contributed by atoms with van der Waals surface area (Å²) in [6.07, 6.45) is -3.67. The molecule has 0 unspecified atom stereocenters. The highest BCUT2D eigenvalue weighted by molar-refractivity contribution is 6.04. The van der Waals surface area contributed by atoms with E-state index in [1.165, 1.54) is 12.1 Å². The molecule has 0 radical (unpaired) electrons. The lowest BCUT2D eigenvalue weighted by Gasteiger charge is -2.35. The first kappa shape index (κ1) is 23.4. The van der Waals surface area contributed by atoms with E-state index in [0.29, 0.717) is 25.3 Å². The third kappa shape index (κ3) is 5.39. The Morgan fingerprint density at radius 3 is 2.35 bits per heavy atom. The maximum atomic E-state index is 13.1. The van der Waals surface area contributed by atoms with Crippen molar-refractivity contribution in [3.63, 3.8) is 0 Å². The molecule has 0 bridgehead atoms. The Morgan fingerprint density at radius 2 is 1.68 bits per heavy atom. The van der Waals surface area contributed by atoms with Gasteiger partial charge in [0.1, 0.15) is 0 Å². The molecule has 0 spiro atoms. The van der Waals surface area contributed by atoms with Gasteiger partial charge in [0.2, 0.25) is 0 Å². The van der Waals surface area contributed by atoms with Crippen LogP contribution in [0.4, 0.5) is 29.3 Å². The minimum Gasteiger partial charge on any atom is -0.322 e. The van der Waals surface area contributed by atoms with Crippen molar-refractivity contribution in [2.75, 3.05) is 23.3 Å². The summed E-state index contributed by atoms with van der Waals surface area (Å²) < 4.78 is 38.7. The Kier molecular flexibility index (Phi) is 6.58. The summed E-state index contributed by atoms with van der Waals surface area (Å²) in [4.78, 5) is 29.0. The van der Waals surface area contributed by atoms with Gasteiger partial charge in [-0.2, -0.15) is 13.2 Å². The Labute approximate surface area is 195 Å². The van der Waals surface area contributed by atoms with Crippen LogP contribution in [0.15, 0.2) is 72.8 Å². The number of hydrogen-bond donors (Lipinski definition) is 1. The lowest BCUT2D eigenvalue weighted by atomic mass is 10.1. The number of urea groups is 1. The molecule has 34 heavy (non-hydrogen) atoms. The highest BCUT2D eigenvalue weighted by Gasteiger charge is 2.30. The fourth-order valence-corrected chi connectivity index (χ4v) is 3.85. The number of carbonyl (C=O) groups excluding carboxylic acids is 2. The maximum Gasteiger partial charge on any atom is 0.416 e. The van der Waals surface area contributed by atoms with Crippen molar-refractivity contribution >= 4 is 23.3 Å². The summed E-state index contributed by atoms with van der Waals surface area (Å²) in [6, 6.07) is 18.9. The van der Waals surface area contributed by atoms with E-state index in [0.717, 1.165) is 29.7 Å². The lowest BCUT2D eigenvalue weighted by molar-refractivity contribution is -0.137. The van der Waals surface area contributed by atoms with Crippen molar-refractivity contribution in [1.29, 1.82) is 0 Å². The van der Waals surface area contributed by atoms with Crippen LogP contribution in [0.3, 0.4) is 0 Å². The number of nitrogens with one attached hydrogen (secondary N) is 1. The molecular weight excluding hydrogens is 443 g/mol. The van der Waals surface area contributed by atoms with Gasteiger partial charge in [-0.3, -0.25) is 9.69 Å². The van der Waals surface area contributed by atoms with Crippen molar-refractivity contribution in [1.82, 2.24) is 4.90 Å². The number of aryl methyl sites for hydroxylation is 1. The second kappa shape index (κ2) is 9.59. The van der Waals surface area contributed by atoms with E-state index in [4.69, 9.17) is 0 Å². The molecule has 1 aliphatic heterocycles. The summed E-state index contributed by atoms with van der Waals surface area (Å²) in [7, 11) is 0. The van der Waals surface area contributed by atoms with Gasteiger partial charge in [0.05, 0.1) is 5.56 Å². The van der Waals surface area contributed by atoms with E-state index in [1.54, 1.807) is 34.1 Å². The first-order valence-electron chi connectivity index (χ1n) is 10.9. The fraction of sp³-hybridized carbons (Fsp3) is 0.231. The van der Waals surface area contributed by atoms with Gasteiger partial charge in [0.15, 0.2) is 0 Å². The third-order valence-electron chi connectivity index (χ3n) is 5.69. The third-order valence-corrected chi connectivity index (χ3v) is 5.69. The highest BCUT2D eigenvalue weighted by Crippen LogP contribution is 2.31. The van der Waals surface area contributed by atoms with E-state index in [1.807, 2.05) is 31.2 Å². The van der Waals surface area contributed by atoms with Crippen LogP contribution < -0.4 is 10.2 Å². The largest absolute Gasteiger partial charge is 0.416 e. The van der Waals surface area contributed by atoms with Crippen LogP contribution in [-0.4, -0.2) is 29.9 Å². The zero-order chi connectivity index (χ0) is 24.3. The average Bonchev–Trinajstić information content (AvgIpc) is 2.81. The van der Waals surface area contributed by atoms with Crippen molar-refractivity contribution in [3.8, 4) is 0 Å². The van der Waals surface area contributed by atoms with Gasteiger partial charge in [-0.25, -0.2) is 4.79 Å². The minimum absolute atomic E-state index is 0.0573. The van der Waals surface area contributed by atoms with Crippen LogP contribution >= 0.6 is 0 Å². The van der Waals surface area contributed by atoms with E-state index < -0.39 is 17.6 Å². The number of halogens is 3. The zero-order valence-corrected chi connectivity index (χ0v) is 18.6. The number of benzene rings is 3. The van der Waals surface area contributed by atoms with E-state index in [2.05, 4.69) is 5.32 Å². The molecule has 0 atom stereocenters. The Hall–Kier alpha value is -3.81. The summed E-state index contributed by atoms with van der Waals surface area (Å²) in [5, 5.41) is 2.49. The molecule has 4 rings (SSSR count). The van der Waals surface area contributed by atoms with E-state index in [-0.39, 0.29) is 17.3 Å². The van der Waals surface area contributed by atoms with E-state index >= 15 is 0 Å². The van der Waals surface area contributed by atoms with Gasteiger partial charge in [-0.05, 0) is 61.4 Å². The molecule has 3 aromatic rings. The van der Waals surface area contributed by atoms with Crippen LogP contribution in [0.5, 0.6) is 0 Å². The summed E-state index contributed by atoms with van der Waals surface area (Å²) >= 11 is 0. The standard InChI is InChI=1S/C26H24F3N3O2/c1-18-6-8-19(9-7-18)17-31-14-3-15-32(25(31)34)23-12-10-20(11-13-23)24(33)30-22-5-2-4-21(16-22)26(27,28)29/h2,4-13,16H,3,14-15,17H2,1H3,(H,30,33). The molecule has 3 aromatic carbocycles. The molecule has 1 heterocycles. The molecule has 0 saturated carbocycles. The van der Waals surface area contributed by atoms with Crippen molar-refractivity contribution < 1.29 is 22.8 Å². The molecule has 0 aromatic heterocycles. The number of amides is 3. The maximum absolute atomic E-state index is 13.1. The van der Waals surface area contributed by atoms with Crippen LogP contribution in [0.1, 0.15) is 33.5 Å².